The monoisotopic (exact) mass is 619 g/mol. The summed E-state index contributed by atoms with van der Waals surface area (Å²) in [4.78, 5) is 44.9. The number of rotatable bonds is 8. The van der Waals surface area contributed by atoms with Crippen molar-refractivity contribution in [3.8, 4) is 33.6 Å². The lowest BCUT2D eigenvalue weighted by Crippen LogP contribution is -2.39. The fourth-order valence-electron chi connectivity index (χ4n) is 7.79. The third-order valence-electron chi connectivity index (χ3n) is 10.5. The Balaban J connectivity index is 1.11. The van der Waals surface area contributed by atoms with Gasteiger partial charge in [0.2, 0.25) is 5.91 Å². The van der Waals surface area contributed by atoms with Crippen LogP contribution in [0.15, 0.2) is 48.7 Å². The van der Waals surface area contributed by atoms with Crippen molar-refractivity contribution in [2.24, 2.45) is 11.8 Å². The fourth-order valence-corrected chi connectivity index (χ4v) is 7.79. The molecule has 0 bridgehead atoms. The number of carbonyl (C=O) groups is 2. The molecule has 8 nitrogen and oxygen atoms in total. The van der Waals surface area contributed by atoms with Gasteiger partial charge in [0.15, 0.2) is 0 Å². The van der Waals surface area contributed by atoms with Crippen LogP contribution in [0.5, 0.6) is 0 Å². The molecule has 2 fully saturated rings. The van der Waals surface area contributed by atoms with Crippen LogP contribution in [0, 0.1) is 11.8 Å². The van der Waals surface area contributed by atoms with Crippen LogP contribution in [0.1, 0.15) is 100 Å². The number of methoxy groups -OCH3 is 1. The molecule has 2 aromatic heterocycles. The predicted molar refractivity (Wildman–Crippen MR) is 179 cm³/mol. The molecule has 0 unspecified atom stereocenters. The van der Waals surface area contributed by atoms with E-state index in [1.54, 1.807) is 0 Å². The highest BCUT2D eigenvalue weighted by molar-refractivity contribution is 5.84. The Labute approximate surface area is 271 Å². The minimum atomic E-state index is -0.400. The highest BCUT2D eigenvalue weighted by Crippen LogP contribution is 2.39. The molecule has 8 heteroatoms. The molecule has 2 aromatic carbocycles. The van der Waals surface area contributed by atoms with E-state index in [-0.39, 0.29) is 30.3 Å². The molecule has 3 aliphatic rings. The zero-order valence-corrected chi connectivity index (χ0v) is 27.3. The molecule has 3 heterocycles. The van der Waals surface area contributed by atoms with Crippen LogP contribution in [0.25, 0.3) is 33.6 Å². The fraction of sp³-hybridized carbons (Fsp3) is 0.474. The maximum absolute atomic E-state index is 13.7. The molecule has 4 aromatic rings. The summed E-state index contributed by atoms with van der Waals surface area (Å²) < 4.78 is 4.90. The van der Waals surface area contributed by atoms with Gasteiger partial charge in [0.1, 0.15) is 11.6 Å². The molecule has 2 aliphatic carbocycles. The number of hydrogen-bond acceptors (Lipinski definition) is 5. The summed E-state index contributed by atoms with van der Waals surface area (Å²) in [5.41, 5.74) is 9.29. The van der Waals surface area contributed by atoms with Crippen molar-refractivity contribution >= 4 is 11.9 Å². The summed E-state index contributed by atoms with van der Waals surface area (Å²) in [7, 11) is 1.38. The lowest BCUT2D eigenvalue weighted by Gasteiger charge is -2.29. The number of nitrogens with one attached hydrogen (secondary N) is 2. The van der Waals surface area contributed by atoms with Gasteiger partial charge in [0, 0.05) is 23.7 Å². The first-order valence-electron chi connectivity index (χ1n) is 17.1. The summed E-state index contributed by atoms with van der Waals surface area (Å²) in [6.45, 7) is 4.67. The molecule has 0 radical (unpaired) electrons. The number of aryl methyl sites for hydroxylation is 2. The van der Waals surface area contributed by atoms with E-state index < -0.39 is 5.92 Å². The smallest absolute Gasteiger partial charge is 0.306 e. The Bertz CT molecular complexity index is 1710. The molecule has 1 saturated carbocycles. The van der Waals surface area contributed by atoms with Gasteiger partial charge in [-0.2, -0.15) is 0 Å². The quantitative estimate of drug-likeness (QED) is 0.196. The van der Waals surface area contributed by atoms with Crippen LogP contribution in [0.3, 0.4) is 0 Å². The van der Waals surface area contributed by atoms with Crippen LogP contribution in [-0.4, -0.2) is 50.4 Å². The normalized spacial score (nSPS) is 18.8. The number of fused-ring (bicyclic) bond motifs is 3. The Morgan fingerprint density at radius 2 is 1.67 bits per heavy atom. The topological polar surface area (TPSA) is 104 Å². The number of H-pyrrole nitrogens is 2. The molecule has 7 rings (SSSR count). The van der Waals surface area contributed by atoms with Crippen molar-refractivity contribution in [3.05, 3.63) is 71.6 Å². The van der Waals surface area contributed by atoms with Crippen molar-refractivity contribution in [3.63, 3.8) is 0 Å². The van der Waals surface area contributed by atoms with Gasteiger partial charge in [0.25, 0.3) is 0 Å². The van der Waals surface area contributed by atoms with Crippen molar-refractivity contribution in [2.45, 2.75) is 90.0 Å². The molecule has 2 N–H and O–H groups in total. The first kappa shape index (κ1) is 30.5. The van der Waals surface area contributed by atoms with Crippen LogP contribution in [0.2, 0.25) is 0 Å². The van der Waals surface area contributed by atoms with E-state index >= 15 is 0 Å². The average molecular weight is 620 g/mol. The molecule has 1 aliphatic heterocycles. The lowest BCUT2D eigenvalue weighted by molar-refractivity contribution is -0.148. The van der Waals surface area contributed by atoms with E-state index in [4.69, 9.17) is 14.7 Å². The summed E-state index contributed by atoms with van der Waals surface area (Å²) in [5.74, 6) is 1.89. The third kappa shape index (κ3) is 5.90. The van der Waals surface area contributed by atoms with Crippen LogP contribution in [-0.2, 0) is 27.2 Å². The second-order valence-electron chi connectivity index (χ2n) is 13.7. The summed E-state index contributed by atoms with van der Waals surface area (Å²) in [6.07, 6.45) is 11.9. The summed E-state index contributed by atoms with van der Waals surface area (Å²) in [5, 5.41) is 0. The van der Waals surface area contributed by atoms with Crippen molar-refractivity contribution in [1.82, 2.24) is 24.8 Å². The summed E-state index contributed by atoms with van der Waals surface area (Å²) in [6, 6.07) is 15.4. The number of benzene rings is 2. The Hall–Kier alpha value is -4.20. The molecule has 1 amide bonds. The highest BCUT2D eigenvalue weighted by Gasteiger charge is 2.38. The van der Waals surface area contributed by atoms with Gasteiger partial charge in [-0.25, -0.2) is 9.97 Å². The van der Waals surface area contributed by atoms with Crippen LogP contribution >= 0.6 is 0 Å². The van der Waals surface area contributed by atoms with Gasteiger partial charge >= 0.3 is 5.97 Å². The van der Waals surface area contributed by atoms with E-state index in [9.17, 15) is 9.59 Å². The van der Waals surface area contributed by atoms with E-state index in [2.05, 4.69) is 52.4 Å². The molecule has 0 spiro atoms. The van der Waals surface area contributed by atoms with Gasteiger partial charge in [-0.3, -0.25) is 9.59 Å². The second kappa shape index (κ2) is 12.9. The van der Waals surface area contributed by atoms with E-state index in [1.165, 1.54) is 55.0 Å². The minimum Gasteiger partial charge on any atom is -0.469 e. The SMILES string of the molecule is COC(=O)C[C@H](C(=O)N1CCC[C@H]1c1nc2c([nH]1)CCCc1cc(-c3ccc(-c4cnc(C5CCCC5)[nH]4)cc3)ccc1-2)C(C)C. The number of hydrogen-bond donors (Lipinski definition) is 2. The third-order valence-corrected chi connectivity index (χ3v) is 10.5. The number of imidazole rings is 2. The highest BCUT2D eigenvalue weighted by atomic mass is 16.5. The number of carbonyl (C=O) groups excluding carboxylic acids is 2. The van der Waals surface area contributed by atoms with E-state index in [0.29, 0.717) is 12.5 Å². The van der Waals surface area contributed by atoms with Crippen LogP contribution in [0.4, 0.5) is 0 Å². The molecule has 1 saturated heterocycles. The zero-order chi connectivity index (χ0) is 31.8. The molecule has 46 heavy (non-hydrogen) atoms. The van der Waals surface area contributed by atoms with Gasteiger partial charge in [0.05, 0.1) is 43.1 Å². The Morgan fingerprint density at radius 1 is 0.913 bits per heavy atom. The predicted octanol–water partition coefficient (Wildman–Crippen LogP) is 7.78. The van der Waals surface area contributed by atoms with E-state index in [0.717, 1.165) is 66.4 Å². The van der Waals surface area contributed by atoms with Gasteiger partial charge in [-0.1, -0.05) is 69.2 Å². The van der Waals surface area contributed by atoms with Gasteiger partial charge in [-0.05, 0) is 73.1 Å². The first-order chi connectivity index (χ1) is 22.4. The Kier molecular flexibility index (Phi) is 8.54. The maximum Gasteiger partial charge on any atom is 0.306 e. The number of nitrogens with zero attached hydrogens (tertiary/aromatic N) is 3. The summed E-state index contributed by atoms with van der Waals surface area (Å²) >= 11 is 0. The lowest BCUT2D eigenvalue weighted by atomic mass is 9.90. The number of esters is 1. The second-order valence-corrected chi connectivity index (χ2v) is 13.7. The van der Waals surface area contributed by atoms with Crippen LogP contribution < -0.4 is 0 Å². The molecular weight excluding hydrogens is 574 g/mol. The Morgan fingerprint density at radius 3 is 2.43 bits per heavy atom. The number of aromatic amines is 2. The largest absolute Gasteiger partial charge is 0.469 e. The molecule has 240 valence electrons. The van der Waals surface area contributed by atoms with Crippen molar-refractivity contribution < 1.29 is 14.3 Å². The standard InChI is InChI=1S/C38H45N5O3/c1-23(2)30(21-34(44)46-3)38(45)43-19-7-12-33(43)37-40-31-11-6-10-28-20-27(17-18-29(28)35(31)42-37)24-13-15-25(16-14-24)32-22-39-36(41-32)26-8-4-5-9-26/h13-18,20,22-23,26,30,33H,4-12,19,21H2,1-3H3,(H,39,41)(H,40,42)/t30-,33-/m0/s1. The van der Waals surface area contributed by atoms with Crippen molar-refractivity contribution in [2.75, 3.05) is 13.7 Å². The average Bonchev–Trinajstić information content (AvgIpc) is 3.89. The van der Waals surface area contributed by atoms with E-state index in [1.807, 2.05) is 24.9 Å². The number of amides is 1. The first-order valence-corrected chi connectivity index (χ1v) is 17.1. The maximum atomic E-state index is 13.7. The van der Waals surface area contributed by atoms with Crippen molar-refractivity contribution in [1.29, 1.82) is 0 Å². The number of likely N-dealkylation sites (tertiary alicyclic amines) is 1. The van der Waals surface area contributed by atoms with Gasteiger partial charge in [-0.15, -0.1) is 0 Å². The number of ether oxygens (including phenoxy) is 1. The molecule has 2 atom stereocenters. The molecular formula is C38H45N5O3. The van der Waals surface area contributed by atoms with Gasteiger partial charge < -0.3 is 19.6 Å². The number of aromatic nitrogens is 4. The minimum absolute atomic E-state index is 0.0207. The zero-order valence-electron chi connectivity index (χ0n) is 27.3.